The lowest BCUT2D eigenvalue weighted by Gasteiger charge is -2.26. The summed E-state index contributed by atoms with van der Waals surface area (Å²) < 4.78 is 9.96. The molecule has 112 valence electrons. The third-order valence-corrected chi connectivity index (χ3v) is 3.11. The number of carbonyl (C=O) groups is 2. The number of carbonyl (C=O) groups excluding carboxylic acids is 2. The molecule has 0 aliphatic rings. The second-order valence-corrected chi connectivity index (χ2v) is 5.16. The van der Waals surface area contributed by atoms with Crippen LogP contribution in [0.1, 0.15) is 53.4 Å². The van der Waals surface area contributed by atoms with Crippen LogP contribution in [0.15, 0.2) is 0 Å². The minimum Gasteiger partial charge on any atom is -0.469 e. The molecule has 0 rings (SSSR count). The molecule has 0 aromatic rings. The van der Waals surface area contributed by atoms with Crippen molar-refractivity contribution in [3.8, 4) is 0 Å². The average Bonchev–Trinajstić information content (AvgIpc) is 2.36. The zero-order valence-electron chi connectivity index (χ0n) is 12.7. The van der Waals surface area contributed by atoms with Crippen molar-refractivity contribution in [1.29, 1.82) is 0 Å². The summed E-state index contributed by atoms with van der Waals surface area (Å²) in [5, 5.41) is 2.65. The standard InChI is InChI=1S/C14H27NO4/c1-6-8-11(3)19-13(17)15-10-14(4,9-7-2)12(16)18-5/h11H,6-10H2,1-5H3,(H,15,17). The lowest BCUT2D eigenvalue weighted by molar-refractivity contribution is -0.151. The van der Waals surface area contributed by atoms with E-state index in [1.807, 2.05) is 20.8 Å². The van der Waals surface area contributed by atoms with Gasteiger partial charge in [-0.25, -0.2) is 4.79 Å². The van der Waals surface area contributed by atoms with Gasteiger partial charge in [-0.1, -0.05) is 26.7 Å². The molecule has 0 aliphatic carbocycles. The van der Waals surface area contributed by atoms with Crippen molar-refractivity contribution in [2.75, 3.05) is 13.7 Å². The predicted octanol–water partition coefficient (Wildman–Crippen LogP) is 2.88. The summed E-state index contributed by atoms with van der Waals surface area (Å²) in [6.45, 7) is 7.90. The molecule has 0 heterocycles. The summed E-state index contributed by atoms with van der Waals surface area (Å²) >= 11 is 0. The van der Waals surface area contributed by atoms with Crippen molar-refractivity contribution in [2.24, 2.45) is 5.41 Å². The number of hydrogen-bond donors (Lipinski definition) is 1. The van der Waals surface area contributed by atoms with Gasteiger partial charge >= 0.3 is 12.1 Å². The van der Waals surface area contributed by atoms with E-state index in [4.69, 9.17) is 9.47 Å². The van der Waals surface area contributed by atoms with Gasteiger partial charge in [0.25, 0.3) is 0 Å². The van der Waals surface area contributed by atoms with Crippen LogP contribution in [0.2, 0.25) is 0 Å². The van der Waals surface area contributed by atoms with Gasteiger partial charge in [0.15, 0.2) is 0 Å². The molecule has 5 heteroatoms. The Morgan fingerprint density at radius 3 is 2.37 bits per heavy atom. The summed E-state index contributed by atoms with van der Waals surface area (Å²) in [4.78, 5) is 23.4. The van der Waals surface area contributed by atoms with E-state index in [0.717, 1.165) is 19.3 Å². The number of ether oxygens (including phenoxy) is 2. The van der Waals surface area contributed by atoms with Crippen molar-refractivity contribution in [3.63, 3.8) is 0 Å². The van der Waals surface area contributed by atoms with Gasteiger partial charge < -0.3 is 14.8 Å². The van der Waals surface area contributed by atoms with Gasteiger partial charge in [0.05, 0.1) is 12.5 Å². The van der Waals surface area contributed by atoms with Crippen LogP contribution in [0.3, 0.4) is 0 Å². The fourth-order valence-electron chi connectivity index (χ4n) is 2.02. The van der Waals surface area contributed by atoms with Crippen molar-refractivity contribution >= 4 is 12.1 Å². The summed E-state index contributed by atoms with van der Waals surface area (Å²) in [6.07, 6.45) is 2.70. The van der Waals surface area contributed by atoms with Crippen LogP contribution in [0.25, 0.3) is 0 Å². The zero-order valence-corrected chi connectivity index (χ0v) is 12.7. The Balaban J connectivity index is 4.32. The molecule has 2 atom stereocenters. The Kier molecular flexibility index (Phi) is 8.19. The highest BCUT2D eigenvalue weighted by Gasteiger charge is 2.34. The normalized spacial score (nSPS) is 15.2. The highest BCUT2D eigenvalue weighted by molar-refractivity contribution is 5.77. The first-order chi connectivity index (χ1) is 8.89. The average molecular weight is 273 g/mol. The summed E-state index contributed by atoms with van der Waals surface area (Å²) in [6, 6.07) is 0. The number of esters is 1. The van der Waals surface area contributed by atoms with E-state index in [2.05, 4.69) is 5.32 Å². The van der Waals surface area contributed by atoms with Crippen LogP contribution in [-0.4, -0.2) is 31.8 Å². The van der Waals surface area contributed by atoms with Crippen LogP contribution in [-0.2, 0) is 14.3 Å². The molecule has 0 saturated carbocycles. The van der Waals surface area contributed by atoms with E-state index in [-0.39, 0.29) is 18.6 Å². The van der Waals surface area contributed by atoms with Crippen molar-refractivity contribution in [3.05, 3.63) is 0 Å². The number of alkyl carbamates (subject to hydrolysis) is 1. The minimum absolute atomic E-state index is 0.111. The molecule has 0 aromatic carbocycles. The van der Waals surface area contributed by atoms with Gasteiger partial charge in [0.1, 0.15) is 6.10 Å². The van der Waals surface area contributed by atoms with E-state index in [9.17, 15) is 9.59 Å². The molecule has 0 bridgehead atoms. The Hall–Kier alpha value is -1.26. The molecular weight excluding hydrogens is 246 g/mol. The van der Waals surface area contributed by atoms with Gasteiger partial charge in [-0.05, 0) is 26.7 Å². The van der Waals surface area contributed by atoms with Crippen molar-refractivity contribution < 1.29 is 19.1 Å². The Morgan fingerprint density at radius 2 is 1.89 bits per heavy atom. The SMILES string of the molecule is CCCC(C)OC(=O)NCC(C)(CCC)C(=O)OC. The van der Waals surface area contributed by atoms with E-state index in [1.54, 1.807) is 6.92 Å². The third kappa shape index (κ3) is 6.45. The molecule has 0 spiro atoms. The van der Waals surface area contributed by atoms with Gasteiger partial charge in [-0.15, -0.1) is 0 Å². The molecular formula is C14H27NO4. The fourth-order valence-corrected chi connectivity index (χ4v) is 2.02. The van der Waals surface area contributed by atoms with Gasteiger partial charge in [0, 0.05) is 6.54 Å². The van der Waals surface area contributed by atoms with E-state index in [0.29, 0.717) is 6.42 Å². The first-order valence-electron chi connectivity index (χ1n) is 6.92. The summed E-state index contributed by atoms with van der Waals surface area (Å²) in [5.74, 6) is -0.309. The van der Waals surface area contributed by atoms with Gasteiger partial charge in [0.2, 0.25) is 0 Å². The molecule has 1 amide bonds. The topological polar surface area (TPSA) is 64.6 Å². The molecule has 0 aromatic heterocycles. The summed E-state index contributed by atoms with van der Waals surface area (Å²) in [5.41, 5.74) is -0.698. The Bertz CT molecular complexity index is 293. The first kappa shape index (κ1) is 17.7. The maximum Gasteiger partial charge on any atom is 0.407 e. The van der Waals surface area contributed by atoms with Gasteiger partial charge in [-0.2, -0.15) is 0 Å². The highest BCUT2D eigenvalue weighted by Crippen LogP contribution is 2.24. The molecule has 0 saturated heterocycles. The largest absolute Gasteiger partial charge is 0.469 e. The molecule has 0 radical (unpaired) electrons. The smallest absolute Gasteiger partial charge is 0.407 e. The second-order valence-electron chi connectivity index (χ2n) is 5.16. The van der Waals surface area contributed by atoms with E-state index >= 15 is 0 Å². The second kappa shape index (κ2) is 8.77. The third-order valence-electron chi connectivity index (χ3n) is 3.11. The molecule has 19 heavy (non-hydrogen) atoms. The zero-order chi connectivity index (χ0) is 14.9. The number of nitrogens with one attached hydrogen (secondary N) is 1. The quantitative estimate of drug-likeness (QED) is 0.691. The van der Waals surface area contributed by atoms with Crippen LogP contribution >= 0.6 is 0 Å². The fraction of sp³-hybridized carbons (Fsp3) is 0.857. The lowest BCUT2D eigenvalue weighted by atomic mass is 9.85. The summed E-state index contributed by atoms with van der Waals surface area (Å²) in [7, 11) is 1.36. The van der Waals surface area contributed by atoms with Crippen molar-refractivity contribution in [2.45, 2.75) is 59.5 Å². The number of amides is 1. The molecule has 0 fully saturated rings. The van der Waals surface area contributed by atoms with Crippen LogP contribution in [0.5, 0.6) is 0 Å². The molecule has 2 unspecified atom stereocenters. The number of rotatable bonds is 8. The minimum atomic E-state index is -0.698. The Morgan fingerprint density at radius 1 is 1.26 bits per heavy atom. The van der Waals surface area contributed by atoms with Gasteiger partial charge in [-0.3, -0.25) is 4.79 Å². The monoisotopic (exact) mass is 273 g/mol. The first-order valence-corrected chi connectivity index (χ1v) is 6.92. The predicted molar refractivity (Wildman–Crippen MR) is 73.9 cm³/mol. The van der Waals surface area contributed by atoms with Crippen LogP contribution < -0.4 is 5.32 Å². The van der Waals surface area contributed by atoms with Crippen LogP contribution in [0.4, 0.5) is 4.79 Å². The van der Waals surface area contributed by atoms with E-state index < -0.39 is 11.5 Å². The molecule has 0 aliphatic heterocycles. The van der Waals surface area contributed by atoms with Crippen molar-refractivity contribution in [1.82, 2.24) is 5.32 Å². The van der Waals surface area contributed by atoms with Crippen LogP contribution in [0, 0.1) is 5.41 Å². The maximum absolute atomic E-state index is 11.7. The molecule has 5 nitrogen and oxygen atoms in total. The van der Waals surface area contributed by atoms with E-state index in [1.165, 1.54) is 7.11 Å². The lowest BCUT2D eigenvalue weighted by Crippen LogP contribution is -2.42. The number of methoxy groups -OCH3 is 1. The highest BCUT2D eigenvalue weighted by atomic mass is 16.6. The molecule has 1 N–H and O–H groups in total. The maximum atomic E-state index is 11.7. The Labute approximate surface area is 116 Å². The number of hydrogen-bond acceptors (Lipinski definition) is 4.